The number of hydrogen-bond acceptors (Lipinski definition) is 10. The zero-order valence-corrected chi connectivity index (χ0v) is 55.3. The number of allylic oxidation sites excluding steroid dienone is 19. The summed E-state index contributed by atoms with van der Waals surface area (Å²) in [5.41, 5.74) is 0. The summed E-state index contributed by atoms with van der Waals surface area (Å²) >= 11 is 0. The molecule has 8 atom stereocenters. The Morgan fingerprint density at radius 2 is 0.828 bits per heavy atom. The average Bonchev–Trinajstić information content (AvgIpc) is 2.32. The van der Waals surface area contributed by atoms with E-state index in [1.165, 1.54) is 116 Å². The molecule has 8 unspecified atom stereocenters. The van der Waals surface area contributed by atoms with Crippen LogP contribution in [0.5, 0.6) is 0 Å². The first-order valence-electron chi connectivity index (χ1n) is 35.3. The van der Waals surface area contributed by atoms with E-state index in [1.807, 2.05) is 6.08 Å². The molecule has 0 radical (unpaired) electrons. The van der Waals surface area contributed by atoms with E-state index in [0.717, 1.165) is 122 Å². The van der Waals surface area contributed by atoms with Crippen LogP contribution < -0.4 is 5.32 Å². The van der Waals surface area contributed by atoms with Gasteiger partial charge >= 0.3 is 5.97 Å². The summed E-state index contributed by atoms with van der Waals surface area (Å²) in [6, 6.07) is -1.04. The zero-order chi connectivity index (χ0) is 63.1. The highest BCUT2D eigenvalue weighted by Gasteiger charge is 2.47. The third kappa shape index (κ3) is 49.5. The minimum atomic E-state index is -1.63. The van der Waals surface area contributed by atoms with Crippen LogP contribution in [0.1, 0.15) is 284 Å². The molecule has 0 aromatic rings. The Labute approximate surface area is 531 Å². The molecule has 0 aromatic carbocycles. The molecule has 0 saturated carbocycles. The molecule has 0 spiro atoms. The van der Waals surface area contributed by atoms with E-state index < -0.39 is 67.4 Å². The number of carbonyl (C=O) groups is 2. The lowest BCUT2D eigenvalue weighted by Gasteiger charge is -2.41. The highest BCUT2D eigenvalue weighted by molar-refractivity contribution is 5.80. The maximum atomic E-state index is 13.5. The molecule has 1 amide bonds. The van der Waals surface area contributed by atoms with Gasteiger partial charge in [0.15, 0.2) is 12.4 Å². The van der Waals surface area contributed by atoms with Crippen molar-refractivity contribution in [1.29, 1.82) is 0 Å². The number of rotatable bonds is 59. The lowest BCUT2D eigenvalue weighted by molar-refractivity contribution is -0.305. The van der Waals surface area contributed by atoms with Gasteiger partial charge in [0, 0.05) is 6.42 Å². The predicted molar refractivity (Wildman–Crippen MR) is 365 cm³/mol. The fourth-order valence-corrected chi connectivity index (χ4v) is 10.3. The van der Waals surface area contributed by atoms with Crippen LogP contribution in [0.2, 0.25) is 0 Å². The van der Waals surface area contributed by atoms with Gasteiger partial charge in [0.05, 0.1) is 25.4 Å². The maximum Gasteiger partial charge on any atom is 0.306 e. The van der Waals surface area contributed by atoms with Crippen molar-refractivity contribution in [3.05, 3.63) is 122 Å². The Bertz CT molecular complexity index is 1880. The van der Waals surface area contributed by atoms with Crippen LogP contribution in [-0.4, -0.2) is 99.6 Å². The molecule has 1 aliphatic heterocycles. The zero-order valence-electron chi connectivity index (χ0n) is 55.3. The van der Waals surface area contributed by atoms with Crippen molar-refractivity contribution in [2.45, 2.75) is 333 Å². The topological polar surface area (TPSA) is 175 Å². The van der Waals surface area contributed by atoms with Crippen molar-refractivity contribution < 1.29 is 49.3 Å². The summed E-state index contributed by atoms with van der Waals surface area (Å²) in [5.74, 6) is -1.23. The smallest absolute Gasteiger partial charge is 0.306 e. The van der Waals surface area contributed by atoms with E-state index in [9.17, 15) is 35.1 Å². The van der Waals surface area contributed by atoms with Crippen molar-refractivity contribution in [2.24, 2.45) is 0 Å². The minimum Gasteiger partial charge on any atom is -0.454 e. The first kappa shape index (κ1) is 81.1. The number of nitrogens with one attached hydrogen (secondary N) is 1. The third-order valence-corrected chi connectivity index (χ3v) is 15.8. The lowest BCUT2D eigenvalue weighted by atomic mass is 9.99. The highest BCUT2D eigenvalue weighted by atomic mass is 16.7. The Kier molecular flexibility index (Phi) is 58.0. The van der Waals surface area contributed by atoms with Crippen molar-refractivity contribution in [2.75, 3.05) is 13.2 Å². The van der Waals surface area contributed by atoms with Gasteiger partial charge in [0.25, 0.3) is 0 Å². The molecule has 1 rings (SSSR count). The fourth-order valence-electron chi connectivity index (χ4n) is 10.3. The van der Waals surface area contributed by atoms with Gasteiger partial charge in [-0.1, -0.05) is 284 Å². The summed E-state index contributed by atoms with van der Waals surface area (Å²) in [4.78, 5) is 26.7. The van der Waals surface area contributed by atoms with Gasteiger partial charge in [-0.2, -0.15) is 0 Å². The number of unbranched alkanes of at least 4 members (excludes halogenated alkanes) is 27. The van der Waals surface area contributed by atoms with Crippen LogP contribution in [0.25, 0.3) is 0 Å². The quantitative estimate of drug-likeness (QED) is 0.0195. The largest absolute Gasteiger partial charge is 0.454 e. The number of carbonyl (C=O) groups excluding carboxylic acids is 2. The summed E-state index contributed by atoms with van der Waals surface area (Å²) in [7, 11) is 0. The van der Waals surface area contributed by atoms with E-state index in [2.05, 4.69) is 135 Å². The van der Waals surface area contributed by atoms with E-state index in [-0.39, 0.29) is 19.4 Å². The van der Waals surface area contributed by atoms with Crippen molar-refractivity contribution in [1.82, 2.24) is 5.32 Å². The molecule has 6 N–H and O–H groups in total. The van der Waals surface area contributed by atoms with Crippen molar-refractivity contribution in [3.8, 4) is 0 Å². The van der Waals surface area contributed by atoms with Gasteiger partial charge in [-0.15, -0.1) is 0 Å². The normalized spacial score (nSPS) is 19.0. The van der Waals surface area contributed by atoms with Crippen LogP contribution in [-0.2, 0) is 23.8 Å². The first-order chi connectivity index (χ1) is 42.7. The molecule has 0 aliphatic carbocycles. The summed E-state index contributed by atoms with van der Waals surface area (Å²) < 4.78 is 17.7. The van der Waals surface area contributed by atoms with Gasteiger partial charge in [-0.05, 0) is 116 Å². The van der Waals surface area contributed by atoms with Gasteiger partial charge in [0.1, 0.15) is 24.4 Å². The van der Waals surface area contributed by atoms with Gasteiger partial charge in [-0.25, -0.2) is 0 Å². The molecule has 0 aromatic heterocycles. The Morgan fingerprint density at radius 3 is 1.26 bits per heavy atom. The van der Waals surface area contributed by atoms with E-state index in [0.29, 0.717) is 12.8 Å². The standard InChI is InChI=1S/C76H129NO10/c1-4-7-10-13-16-19-22-25-27-29-31-33-35-37-39-41-43-46-49-52-55-58-61-64-71(81)87-74-73(83)72(82)70(65-78)86-76(74)85-66-67(68(79)62-59-56-53-50-47-44-24-21-18-15-12-9-6-3)77-75(84)69(80)63-60-57-54-51-48-45-42-40-38-36-34-32-30-28-26-23-20-17-14-11-8-5-2/h7,10,16-17,19-20,25-28,31-34,37,39,43,46,59,62,67-70,72-74,76,78-80,82-83H,4-6,8-9,11-15,18,21-24,29-30,35-36,38,40-42,44-45,47-58,60-61,63-66H2,1-3H3,(H,77,84)/b10-7-,19-16-,20-17-,27-25-,28-26-,33-31-,34-32-,39-37-,46-43-,62-59+. The molecular weight excluding hydrogens is 1090 g/mol. The monoisotopic (exact) mass is 1220 g/mol. The number of amides is 1. The molecule has 1 saturated heterocycles. The summed E-state index contributed by atoms with van der Waals surface area (Å²) in [6.07, 6.45) is 76.5. The molecule has 1 fully saturated rings. The first-order valence-corrected chi connectivity index (χ1v) is 35.3. The minimum absolute atomic E-state index is 0.0870. The van der Waals surface area contributed by atoms with Crippen molar-refractivity contribution >= 4 is 11.9 Å². The van der Waals surface area contributed by atoms with Crippen molar-refractivity contribution in [3.63, 3.8) is 0 Å². The maximum absolute atomic E-state index is 13.5. The van der Waals surface area contributed by atoms with Crippen LogP contribution >= 0.6 is 0 Å². The second kappa shape index (κ2) is 62.3. The molecule has 1 aliphatic rings. The molecular formula is C76H129NO10. The lowest BCUT2D eigenvalue weighted by Crippen LogP contribution is -2.61. The molecule has 87 heavy (non-hydrogen) atoms. The molecule has 11 heteroatoms. The number of esters is 1. The van der Waals surface area contributed by atoms with Crippen LogP contribution in [0.15, 0.2) is 122 Å². The Morgan fingerprint density at radius 1 is 0.460 bits per heavy atom. The Balaban J connectivity index is 2.64. The van der Waals surface area contributed by atoms with Crippen LogP contribution in [0.3, 0.4) is 0 Å². The highest BCUT2D eigenvalue weighted by Crippen LogP contribution is 2.26. The number of ether oxygens (including phenoxy) is 3. The summed E-state index contributed by atoms with van der Waals surface area (Å²) in [6.45, 7) is 5.65. The number of aliphatic hydroxyl groups excluding tert-OH is 5. The van der Waals surface area contributed by atoms with Crippen LogP contribution in [0.4, 0.5) is 0 Å². The average molecular weight is 1220 g/mol. The third-order valence-electron chi connectivity index (χ3n) is 15.8. The molecule has 1 heterocycles. The molecule has 11 nitrogen and oxygen atoms in total. The predicted octanol–water partition coefficient (Wildman–Crippen LogP) is 18.2. The SMILES string of the molecule is CC/C=C\C/C=C\C/C=C\C/C=C\C/C=C\C/C=C\CCCCCCC(=O)OC1C(OCC(NC(=O)C(O)CCCCCCCCCCC/C=C\C/C=C\C/C=C\CCCCC)C(O)/C=C/CCCCCCCCCCCCC)OC(CO)C(O)C1O. The summed E-state index contributed by atoms with van der Waals surface area (Å²) in [5, 5.41) is 57.3. The number of hydrogen-bond donors (Lipinski definition) is 6. The van der Waals surface area contributed by atoms with Gasteiger partial charge < -0.3 is 45.1 Å². The number of aliphatic hydroxyl groups is 5. The Hall–Kier alpha value is -3.94. The second-order valence-corrected chi connectivity index (χ2v) is 23.9. The van der Waals surface area contributed by atoms with Gasteiger partial charge in [-0.3, -0.25) is 9.59 Å². The van der Waals surface area contributed by atoms with Gasteiger partial charge in [0.2, 0.25) is 5.91 Å². The second-order valence-electron chi connectivity index (χ2n) is 23.9. The van der Waals surface area contributed by atoms with E-state index in [4.69, 9.17) is 14.2 Å². The van der Waals surface area contributed by atoms with E-state index in [1.54, 1.807) is 6.08 Å². The molecule has 498 valence electrons. The van der Waals surface area contributed by atoms with Crippen LogP contribution in [0, 0.1) is 0 Å². The van der Waals surface area contributed by atoms with E-state index >= 15 is 0 Å². The fraction of sp³-hybridized carbons (Fsp3) is 0.711. The molecule has 0 bridgehead atoms.